The van der Waals surface area contributed by atoms with Crippen LogP contribution in [-0.2, 0) is 16.0 Å². The molecule has 1 fully saturated rings. The van der Waals surface area contributed by atoms with E-state index >= 15 is 0 Å². The van der Waals surface area contributed by atoms with Crippen LogP contribution in [0.5, 0.6) is 0 Å². The molecule has 5 heteroatoms. The molecule has 0 spiro atoms. The van der Waals surface area contributed by atoms with Crippen LogP contribution >= 0.6 is 0 Å². The van der Waals surface area contributed by atoms with Gasteiger partial charge in [0, 0.05) is 19.6 Å². The van der Waals surface area contributed by atoms with Gasteiger partial charge in [-0.3, -0.25) is 4.79 Å². The predicted molar refractivity (Wildman–Crippen MR) is 111 cm³/mol. The second kappa shape index (κ2) is 9.01. The summed E-state index contributed by atoms with van der Waals surface area (Å²) in [6, 6.07) is 18.2. The summed E-state index contributed by atoms with van der Waals surface area (Å²) < 4.78 is 5.30. The van der Waals surface area contributed by atoms with E-state index in [4.69, 9.17) is 15.7 Å². The molecule has 0 radical (unpaired) electrons. The summed E-state index contributed by atoms with van der Waals surface area (Å²) in [5.41, 5.74) is 10.1. The first-order valence-electron chi connectivity index (χ1n) is 9.85. The lowest BCUT2D eigenvalue weighted by Gasteiger charge is -2.32. The Morgan fingerprint density at radius 3 is 2.38 bits per heavy atom. The molecule has 0 saturated carbocycles. The number of ketones is 1. The minimum atomic E-state index is -0.856. The predicted octanol–water partition coefficient (Wildman–Crippen LogP) is 3.68. The molecule has 1 saturated heterocycles. The first-order chi connectivity index (χ1) is 13.9. The molecule has 2 aromatic carbocycles. The minimum Gasteiger partial charge on any atom is -0.381 e. The number of Topliss-reactive ketones (excluding diaryl/α,β-unsaturated/α-hetero) is 1. The van der Waals surface area contributed by atoms with Crippen LogP contribution in [0.2, 0.25) is 0 Å². The SMILES string of the molecule is Cc1cc(-c2ccc(C[C@@H](C#N)CC(=O)C3(N)CCOCC3)cc2)ccc1C#N. The second-order valence-corrected chi connectivity index (χ2v) is 7.76. The van der Waals surface area contributed by atoms with Gasteiger partial charge in [-0.05, 0) is 54.5 Å². The molecule has 0 bridgehead atoms. The van der Waals surface area contributed by atoms with E-state index in [0.717, 1.165) is 22.3 Å². The van der Waals surface area contributed by atoms with Gasteiger partial charge in [0.1, 0.15) is 0 Å². The van der Waals surface area contributed by atoms with Gasteiger partial charge in [0.05, 0.1) is 29.2 Å². The lowest BCUT2D eigenvalue weighted by Crippen LogP contribution is -2.52. The van der Waals surface area contributed by atoms with Crippen molar-refractivity contribution >= 4 is 5.78 Å². The number of carbonyl (C=O) groups is 1. The van der Waals surface area contributed by atoms with Crippen molar-refractivity contribution in [3.05, 3.63) is 59.2 Å². The normalized spacial score (nSPS) is 16.4. The van der Waals surface area contributed by atoms with E-state index in [1.807, 2.05) is 49.4 Å². The number of ether oxygens (including phenoxy) is 1. The molecule has 1 atom stereocenters. The Hall–Kier alpha value is -2.99. The number of nitrogens with two attached hydrogens (primary N) is 1. The van der Waals surface area contributed by atoms with Crippen molar-refractivity contribution in [2.45, 2.75) is 38.1 Å². The molecular formula is C24H25N3O2. The van der Waals surface area contributed by atoms with Crippen LogP contribution in [0.4, 0.5) is 0 Å². The van der Waals surface area contributed by atoms with Crippen LogP contribution < -0.4 is 5.73 Å². The molecule has 5 nitrogen and oxygen atoms in total. The molecule has 0 aromatic heterocycles. The fraction of sp³-hybridized carbons (Fsp3) is 0.375. The number of nitriles is 2. The molecule has 148 valence electrons. The van der Waals surface area contributed by atoms with Crippen molar-refractivity contribution in [2.75, 3.05) is 13.2 Å². The topological polar surface area (TPSA) is 99.9 Å². The summed E-state index contributed by atoms with van der Waals surface area (Å²) in [6.45, 7) is 2.92. The maximum Gasteiger partial charge on any atom is 0.154 e. The zero-order valence-corrected chi connectivity index (χ0v) is 16.6. The lowest BCUT2D eigenvalue weighted by molar-refractivity contribution is -0.128. The highest BCUT2D eigenvalue weighted by molar-refractivity contribution is 5.88. The average Bonchev–Trinajstić information content (AvgIpc) is 2.74. The zero-order chi connectivity index (χ0) is 20.9. The molecular weight excluding hydrogens is 362 g/mol. The van der Waals surface area contributed by atoms with Gasteiger partial charge < -0.3 is 10.5 Å². The summed E-state index contributed by atoms with van der Waals surface area (Å²) in [5, 5.41) is 18.6. The first-order valence-corrected chi connectivity index (χ1v) is 9.85. The molecule has 2 N–H and O–H groups in total. The molecule has 1 aliphatic rings. The highest BCUT2D eigenvalue weighted by Crippen LogP contribution is 2.26. The van der Waals surface area contributed by atoms with Crippen LogP contribution in [0.15, 0.2) is 42.5 Å². The largest absolute Gasteiger partial charge is 0.381 e. The number of rotatable bonds is 6. The van der Waals surface area contributed by atoms with E-state index < -0.39 is 11.5 Å². The standard InChI is InChI=1S/C24H25N3O2/c1-17-12-21(6-7-22(17)16-26)20-4-2-18(3-5-20)13-19(15-25)14-23(28)24(27)8-10-29-11-9-24/h2-7,12,19H,8-11,13-14,27H2,1H3/t19-/m1/s1. The number of hydrogen-bond acceptors (Lipinski definition) is 5. The minimum absolute atomic E-state index is 0.0444. The third-order valence-corrected chi connectivity index (χ3v) is 5.67. The van der Waals surface area contributed by atoms with Gasteiger partial charge in [-0.1, -0.05) is 36.4 Å². The third-order valence-electron chi connectivity index (χ3n) is 5.67. The Kier molecular flexibility index (Phi) is 6.44. The van der Waals surface area contributed by atoms with Crippen LogP contribution in [0.3, 0.4) is 0 Å². The molecule has 2 aromatic rings. The summed E-state index contributed by atoms with van der Waals surface area (Å²) in [7, 11) is 0. The number of benzene rings is 2. The number of aryl methyl sites for hydroxylation is 1. The number of carbonyl (C=O) groups excluding carboxylic acids is 1. The van der Waals surface area contributed by atoms with Crippen LogP contribution in [-0.4, -0.2) is 24.5 Å². The van der Waals surface area contributed by atoms with Crippen molar-refractivity contribution in [1.82, 2.24) is 0 Å². The van der Waals surface area contributed by atoms with Gasteiger partial charge in [-0.15, -0.1) is 0 Å². The Bertz CT molecular complexity index is 961. The van der Waals surface area contributed by atoms with Gasteiger partial charge in [0.2, 0.25) is 0 Å². The Morgan fingerprint density at radius 1 is 1.14 bits per heavy atom. The fourth-order valence-corrected chi connectivity index (χ4v) is 3.69. The maximum atomic E-state index is 12.6. The van der Waals surface area contributed by atoms with E-state index in [2.05, 4.69) is 12.1 Å². The molecule has 29 heavy (non-hydrogen) atoms. The van der Waals surface area contributed by atoms with Gasteiger partial charge in [-0.25, -0.2) is 0 Å². The highest BCUT2D eigenvalue weighted by atomic mass is 16.5. The van der Waals surface area contributed by atoms with Crippen molar-refractivity contribution in [2.24, 2.45) is 11.7 Å². The molecule has 0 unspecified atom stereocenters. The van der Waals surface area contributed by atoms with Crippen molar-refractivity contribution in [3.8, 4) is 23.3 Å². The smallest absolute Gasteiger partial charge is 0.154 e. The van der Waals surface area contributed by atoms with Crippen LogP contribution in [0.25, 0.3) is 11.1 Å². The highest BCUT2D eigenvalue weighted by Gasteiger charge is 2.36. The quantitative estimate of drug-likeness (QED) is 0.815. The van der Waals surface area contributed by atoms with E-state index in [1.54, 1.807) is 0 Å². The Balaban J connectivity index is 1.66. The van der Waals surface area contributed by atoms with Crippen molar-refractivity contribution < 1.29 is 9.53 Å². The molecule has 0 amide bonds. The monoisotopic (exact) mass is 387 g/mol. The molecule has 1 heterocycles. The summed E-state index contributed by atoms with van der Waals surface area (Å²) in [5.74, 6) is -0.439. The zero-order valence-electron chi connectivity index (χ0n) is 16.6. The van der Waals surface area contributed by atoms with Gasteiger partial charge in [0.15, 0.2) is 5.78 Å². The van der Waals surface area contributed by atoms with E-state index in [9.17, 15) is 10.1 Å². The lowest BCUT2D eigenvalue weighted by atomic mass is 9.81. The van der Waals surface area contributed by atoms with Gasteiger partial charge in [-0.2, -0.15) is 10.5 Å². The summed E-state index contributed by atoms with van der Waals surface area (Å²) >= 11 is 0. The Morgan fingerprint density at radius 2 is 1.79 bits per heavy atom. The third kappa shape index (κ3) is 4.90. The number of hydrogen-bond donors (Lipinski definition) is 1. The van der Waals surface area contributed by atoms with Crippen molar-refractivity contribution in [3.63, 3.8) is 0 Å². The fourth-order valence-electron chi connectivity index (χ4n) is 3.69. The Labute approximate surface area is 171 Å². The van der Waals surface area contributed by atoms with Crippen molar-refractivity contribution in [1.29, 1.82) is 10.5 Å². The van der Waals surface area contributed by atoms with E-state index in [0.29, 0.717) is 38.0 Å². The summed E-state index contributed by atoms with van der Waals surface area (Å²) in [4.78, 5) is 12.6. The van der Waals surface area contributed by atoms with Crippen LogP contribution in [0, 0.1) is 35.5 Å². The van der Waals surface area contributed by atoms with E-state index in [-0.39, 0.29) is 12.2 Å². The number of nitrogens with zero attached hydrogens (tertiary/aromatic N) is 2. The second-order valence-electron chi connectivity index (χ2n) is 7.76. The summed E-state index contributed by atoms with van der Waals surface area (Å²) in [6.07, 6.45) is 1.72. The maximum absolute atomic E-state index is 12.6. The van der Waals surface area contributed by atoms with E-state index in [1.165, 1.54) is 0 Å². The molecule has 1 aliphatic heterocycles. The van der Waals surface area contributed by atoms with Gasteiger partial charge in [0.25, 0.3) is 0 Å². The average molecular weight is 387 g/mol. The van der Waals surface area contributed by atoms with Gasteiger partial charge >= 0.3 is 0 Å². The molecule has 0 aliphatic carbocycles. The van der Waals surface area contributed by atoms with Crippen LogP contribution in [0.1, 0.15) is 36.0 Å². The first kappa shape index (κ1) is 20.7. The molecule has 3 rings (SSSR count).